The molecule has 2 atom stereocenters. The Kier molecular flexibility index (Phi) is 5.49. The highest BCUT2D eigenvalue weighted by Gasteiger charge is 2.27. The molecule has 0 spiro atoms. The molecule has 1 amide bonds. The average molecular weight is 433 g/mol. The molecule has 0 saturated heterocycles. The Morgan fingerprint density at radius 3 is 2.72 bits per heavy atom. The number of hydrogen-bond acceptors (Lipinski definition) is 4. The van der Waals surface area contributed by atoms with Crippen LogP contribution in [0.2, 0.25) is 0 Å². The fourth-order valence-electron chi connectivity index (χ4n) is 4.47. The van der Waals surface area contributed by atoms with E-state index in [1.165, 1.54) is 6.07 Å². The minimum atomic E-state index is -0.561. The monoisotopic (exact) mass is 433 g/mol. The number of hydrogen-bond donors (Lipinski definition) is 2. The molecule has 0 aliphatic heterocycles. The molecule has 164 valence electrons. The maximum absolute atomic E-state index is 14.8. The molecule has 4 aromatic rings. The maximum atomic E-state index is 14.8. The number of aliphatic hydroxyl groups excluding tert-OH is 1. The third-order valence-electron chi connectivity index (χ3n) is 6.18. The van der Waals surface area contributed by atoms with Gasteiger partial charge in [-0.2, -0.15) is 0 Å². The lowest BCUT2D eigenvalue weighted by Gasteiger charge is -2.28. The summed E-state index contributed by atoms with van der Waals surface area (Å²) in [6, 6.07) is 14.2. The van der Waals surface area contributed by atoms with Crippen molar-refractivity contribution in [3.05, 3.63) is 77.9 Å². The molecule has 0 radical (unpaired) electrons. The number of amides is 1. The van der Waals surface area contributed by atoms with Crippen LogP contribution in [-0.2, 0) is 6.54 Å². The van der Waals surface area contributed by atoms with Crippen molar-refractivity contribution in [3.8, 4) is 11.3 Å². The summed E-state index contributed by atoms with van der Waals surface area (Å²) in [5, 5.41) is 17.2. The van der Waals surface area contributed by atoms with Gasteiger partial charge in [-0.25, -0.2) is 4.39 Å². The van der Waals surface area contributed by atoms with Crippen molar-refractivity contribution in [2.24, 2.45) is 0 Å². The summed E-state index contributed by atoms with van der Waals surface area (Å²) in [5.74, 6) is -0.101. The molecule has 5 rings (SSSR count). The van der Waals surface area contributed by atoms with Crippen LogP contribution in [0.25, 0.3) is 22.2 Å². The molecule has 0 bridgehead atoms. The van der Waals surface area contributed by atoms with Gasteiger partial charge in [0.15, 0.2) is 5.76 Å². The van der Waals surface area contributed by atoms with Crippen molar-refractivity contribution in [2.75, 3.05) is 0 Å². The second-order valence-corrected chi connectivity index (χ2v) is 8.31. The number of carbonyl (C=O) groups excluding carboxylic acids is 1. The topological polar surface area (TPSA) is 80.3 Å². The van der Waals surface area contributed by atoms with Crippen LogP contribution < -0.4 is 5.32 Å². The predicted octanol–water partition coefficient (Wildman–Crippen LogP) is 4.52. The van der Waals surface area contributed by atoms with Crippen molar-refractivity contribution >= 4 is 16.8 Å². The Balaban J connectivity index is 1.44. The number of halogens is 1. The Morgan fingerprint density at radius 1 is 1.16 bits per heavy atom. The van der Waals surface area contributed by atoms with E-state index in [0.717, 1.165) is 30.4 Å². The SMILES string of the molecule is O=C(N[C@H]1CCCC[C@@H]1O)c1cn(Cc2ccc(-c3ccno3)cc2)c2cccc(F)c12. The fraction of sp³-hybridized carbons (Fsp3) is 0.280. The van der Waals surface area contributed by atoms with Crippen LogP contribution in [0.1, 0.15) is 41.6 Å². The minimum Gasteiger partial charge on any atom is -0.391 e. The highest BCUT2D eigenvalue weighted by atomic mass is 19.1. The highest BCUT2D eigenvalue weighted by molar-refractivity contribution is 6.07. The molecule has 32 heavy (non-hydrogen) atoms. The first-order chi connectivity index (χ1) is 15.6. The Labute approximate surface area is 184 Å². The molecule has 1 aliphatic rings. The lowest BCUT2D eigenvalue weighted by molar-refractivity contribution is 0.0718. The van der Waals surface area contributed by atoms with Crippen LogP contribution in [0.3, 0.4) is 0 Å². The quantitative estimate of drug-likeness (QED) is 0.485. The summed E-state index contributed by atoms with van der Waals surface area (Å²) in [5.41, 5.74) is 2.86. The molecule has 2 N–H and O–H groups in total. The van der Waals surface area contributed by atoms with E-state index in [1.807, 2.05) is 34.9 Å². The Bertz CT molecular complexity index is 1230. The molecule has 2 aromatic heterocycles. The molecule has 0 unspecified atom stereocenters. The molecule has 6 nitrogen and oxygen atoms in total. The summed E-state index contributed by atoms with van der Waals surface area (Å²) in [7, 11) is 0. The number of nitrogens with one attached hydrogen (secondary N) is 1. The van der Waals surface area contributed by atoms with E-state index in [4.69, 9.17) is 4.52 Å². The number of fused-ring (bicyclic) bond motifs is 1. The summed E-state index contributed by atoms with van der Waals surface area (Å²) >= 11 is 0. The van der Waals surface area contributed by atoms with E-state index in [1.54, 1.807) is 24.5 Å². The van der Waals surface area contributed by atoms with Crippen molar-refractivity contribution < 1.29 is 18.8 Å². The van der Waals surface area contributed by atoms with Crippen LogP contribution >= 0.6 is 0 Å². The van der Waals surface area contributed by atoms with Crippen LogP contribution in [0.5, 0.6) is 0 Å². The maximum Gasteiger partial charge on any atom is 0.253 e. The number of aromatic nitrogens is 2. The number of aliphatic hydroxyl groups is 1. The van der Waals surface area contributed by atoms with Gasteiger partial charge in [0, 0.05) is 29.8 Å². The zero-order chi connectivity index (χ0) is 22.1. The van der Waals surface area contributed by atoms with Gasteiger partial charge < -0.3 is 19.5 Å². The zero-order valence-electron chi connectivity index (χ0n) is 17.5. The van der Waals surface area contributed by atoms with Crippen molar-refractivity contribution in [1.29, 1.82) is 0 Å². The third-order valence-corrected chi connectivity index (χ3v) is 6.18. The van der Waals surface area contributed by atoms with Crippen molar-refractivity contribution in [3.63, 3.8) is 0 Å². The van der Waals surface area contributed by atoms with Crippen molar-refractivity contribution in [1.82, 2.24) is 15.0 Å². The molecular formula is C25H24FN3O3. The van der Waals surface area contributed by atoms with Gasteiger partial charge in [0.1, 0.15) is 5.82 Å². The highest BCUT2D eigenvalue weighted by Crippen LogP contribution is 2.27. The summed E-state index contributed by atoms with van der Waals surface area (Å²) < 4.78 is 21.8. The van der Waals surface area contributed by atoms with Crippen molar-refractivity contribution in [2.45, 2.75) is 44.4 Å². The summed E-state index contributed by atoms with van der Waals surface area (Å²) in [4.78, 5) is 13.0. The van der Waals surface area contributed by atoms with Gasteiger partial charge >= 0.3 is 0 Å². The van der Waals surface area contributed by atoms with Gasteiger partial charge in [-0.3, -0.25) is 4.79 Å². The lowest BCUT2D eigenvalue weighted by Crippen LogP contribution is -2.45. The zero-order valence-corrected chi connectivity index (χ0v) is 17.5. The first-order valence-electron chi connectivity index (χ1n) is 10.9. The third kappa shape index (κ3) is 3.91. The van der Waals surface area contributed by atoms with E-state index >= 15 is 0 Å². The molecule has 7 heteroatoms. The first kappa shape index (κ1) is 20.5. The predicted molar refractivity (Wildman–Crippen MR) is 119 cm³/mol. The van der Waals surface area contributed by atoms with Gasteiger partial charge in [0.25, 0.3) is 5.91 Å². The van der Waals surface area contributed by atoms with Gasteiger partial charge in [0.2, 0.25) is 0 Å². The van der Waals surface area contributed by atoms with Gasteiger partial charge in [-0.1, -0.05) is 48.3 Å². The van der Waals surface area contributed by atoms with Crippen LogP contribution in [-0.4, -0.2) is 32.9 Å². The van der Waals surface area contributed by atoms with Crippen LogP contribution in [0.15, 0.2) is 65.4 Å². The van der Waals surface area contributed by atoms with Gasteiger partial charge in [-0.15, -0.1) is 0 Å². The van der Waals surface area contributed by atoms with E-state index < -0.39 is 11.9 Å². The normalized spacial score (nSPS) is 18.7. The standard InChI is InChI=1S/C25H24FN3O3/c26-19-4-3-6-21-24(19)18(25(31)28-20-5-1-2-7-22(20)30)15-29(21)14-16-8-10-17(11-9-16)23-12-13-27-32-23/h3-4,6,8-13,15,20,22,30H,1-2,5,7,14H2,(H,28,31)/t20-,22-/m0/s1. The van der Waals surface area contributed by atoms with Crippen LogP contribution in [0, 0.1) is 5.82 Å². The Hall–Kier alpha value is -3.45. The molecule has 2 aromatic carbocycles. The van der Waals surface area contributed by atoms with E-state index in [2.05, 4.69) is 10.5 Å². The average Bonchev–Trinajstić information content (AvgIpc) is 3.46. The molecule has 2 heterocycles. The van der Waals surface area contributed by atoms with Gasteiger partial charge in [-0.05, 0) is 30.5 Å². The fourth-order valence-corrected chi connectivity index (χ4v) is 4.47. The van der Waals surface area contributed by atoms with Crippen LogP contribution in [0.4, 0.5) is 4.39 Å². The number of rotatable bonds is 5. The smallest absolute Gasteiger partial charge is 0.253 e. The Morgan fingerprint density at radius 2 is 1.97 bits per heavy atom. The summed E-state index contributed by atoms with van der Waals surface area (Å²) in [6.07, 6.45) is 6.05. The lowest BCUT2D eigenvalue weighted by atomic mass is 9.92. The van der Waals surface area contributed by atoms with Gasteiger partial charge in [0.05, 0.1) is 29.4 Å². The van der Waals surface area contributed by atoms with E-state index in [0.29, 0.717) is 29.6 Å². The molecular weight excluding hydrogens is 409 g/mol. The van der Waals surface area contributed by atoms with E-state index in [-0.39, 0.29) is 17.5 Å². The molecule has 1 fully saturated rings. The second kappa shape index (κ2) is 8.59. The van der Waals surface area contributed by atoms with E-state index in [9.17, 15) is 14.3 Å². The second-order valence-electron chi connectivity index (χ2n) is 8.31. The largest absolute Gasteiger partial charge is 0.391 e. The minimum absolute atomic E-state index is 0.286. The first-order valence-corrected chi connectivity index (χ1v) is 10.9. The number of benzene rings is 2. The molecule has 1 aliphatic carbocycles. The number of carbonyl (C=O) groups is 1. The summed E-state index contributed by atoms with van der Waals surface area (Å²) in [6.45, 7) is 0.482. The molecule has 1 saturated carbocycles. The number of nitrogens with zero attached hydrogens (tertiary/aromatic N) is 2.